The zero-order chi connectivity index (χ0) is 30.5. The maximum Gasteiger partial charge on any atom is 0.417 e. The normalized spacial score (nSPS) is 12.4. The average Bonchev–Trinajstić information content (AvgIpc) is 2.93. The van der Waals surface area contributed by atoms with E-state index in [1.165, 1.54) is 45.3 Å². The third-order valence-corrected chi connectivity index (χ3v) is 8.45. The van der Waals surface area contributed by atoms with Gasteiger partial charge in [0.15, 0.2) is 0 Å². The summed E-state index contributed by atoms with van der Waals surface area (Å²) in [5, 5.41) is 1.82. The highest BCUT2D eigenvalue weighted by atomic mass is 35.5. The molecular weight excluding hydrogens is 583 g/mol. The van der Waals surface area contributed by atoms with Gasteiger partial charge >= 0.3 is 6.18 Å². The van der Waals surface area contributed by atoms with Crippen LogP contribution >= 0.6 is 11.6 Å². The lowest BCUT2D eigenvalue weighted by Gasteiger charge is -2.32. The first kappa shape index (κ1) is 31.8. The highest BCUT2D eigenvalue weighted by Crippen LogP contribution is 2.38. The molecule has 0 aliphatic heterocycles. The Morgan fingerprint density at radius 3 is 2.29 bits per heavy atom. The molecule has 3 aromatic rings. The minimum Gasteiger partial charge on any atom is -0.497 e. The van der Waals surface area contributed by atoms with E-state index < -0.39 is 56.9 Å². The Morgan fingerprint density at radius 1 is 1.05 bits per heavy atom. The van der Waals surface area contributed by atoms with E-state index in [0.29, 0.717) is 21.7 Å². The number of benzene rings is 3. The maximum atomic E-state index is 13.8. The molecule has 13 heteroatoms. The van der Waals surface area contributed by atoms with Crippen LogP contribution in [0, 0.1) is 6.92 Å². The number of halogens is 4. The Labute approximate surface area is 241 Å². The number of likely N-dealkylation sites (N-methyl/N-ethyl adjacent to an activating group) is 1. The van der Waals surface area contributed by atoms with Gasteiger partial charge < -0.3 is 15.0 Å². The topological polar surface area (TPSA) is 96.0 Å². The van der Waals surface area contributed by atoms with Gasteiger partial charge in [0.1, 0.15) is 18.3 Å². The van der Waals surface area contributed by atoms with Crippen molar-refractivity contribution in [2.45, 2.75) is 37.5 Å². The molecule has 0 radical (unpaired) electrons. The van der Waals surface area contributed by atoms with Gasteiger partial charge in [0, 0.05) is 13.6 Å². The molecule has 0 fully saturated rings. The van der Waals surface area contributed by atoms with Crippen LogP contribution < -0.4 is 14.4 Å². The van der Waals surface area contributed by atoms with Crippen LogP contribution in [-0.4, -0.2) is 51.9 Å². The number of carbonyl (C=O) groups is 2. The number of hydrogen-bond acceptors (Lipinski definition) is 5. The molecule has 220 valence electrons. The molecule has 0 spiro atoms. The van der Waals surface area contributed by atoms with E-state index in [4.69, 9.17) is 16.3 Å². The molecule has 8 nitrogen and oxygen atoms in total. The van der Waals surface area contributed by atoms with Gasteiger partial charge in [0.25, 0.3) is 10.0 Å². The number of aryl methyl sites for hydroxylation is 1. The van der Waals surface area contributed by atoms with Crippen LogP contribution in [0.1, 0.15) is 23.6 Å². The van der Waals surface area contributed by atoms with E-state index in [-0.39, 0.29) is 11.4 Å². The lowest BCUT2D eigenvalue weighted by atomic mass is 10.1. The molecule has 0 aromatic heterocycles. The van der Waals surface area contributed by atoms with Crippen LogP contribution in [0.2, 0.25) is 5.02 Å². The Hall–Kier alpha value is -3.77. The minimum atomic E-state index is -4.89. The third-order valence-electron chi connectivity index (χ3n) is 6.33. The smallest absolute Gasteiger partial charge is 0.417 e. The largest absolute Gasteiger partial charge is 0.497 e. The third kappa shape index (κ3) is 7.50. The highest BCUT2D eigenvalue weighted by molar-refractivity contribution is 7.92. The summed E-state index contributed by atoms with van der Waals surface area (Å²) in [6.07, 6.45) is -4.89. The average molecular weight is 612 g/mol. The summed E-state index contributed by atoms with van der Waals surface area (Å²) in [4.78, 5) is 27.3. The number of nitrogens with zero attached hydrogens (tertiary/aromatic N) is 2. The molecule has 2 amide bonds. The Morgan fingerprint density at radius 2 is 1.71 bits per heavy atom. The van der Waals surface area contributed by atoms with Gasteiger partial charge in [-0.2, -0.15) is 13.2 Å². The van der Waals surface area contributed by atoms with Crippen LogP contribution in [0.15, 0.2) is 71.6 Å². The molecule has 0 bridgehead atoms. The molecule has 0 saturated heterocycles. The Bertz CT molecular complexity index is 1520. The molecule has 0 aliphatic rings. The Balaban J connectivity index is 2.13. The maximum absolute atomic E-state index is 13.8. The van der Waals surface area contributed by atoms with Crippen LogP contribution in [0.3, 0.4) is 0 Å². The van der Waals surface area contributed by atoms with Gasteiger partial charge in [-0.15, -0.1) is 0 Å². The number of rotatable bonds is 10. The second-order valence-corrected chi connectivity index (χ2v) is 11.4. The molecule has 0 aliphatic carbocycles. The van der Waals surface area contributed by atoms with Gasteiger partial charge in [-0.1, -0.05) is 41.4 Å². The minimum absolute atomic E-state index is 0.114. The summed E-state index contributed by atoms with van der Waals surface area (Å²) in [7, 11) is -1.71. The van der Waals surface area contributed by atoms with Gasteiger partial charge in [0.2, 0.25) is 11.8 Å². The monoisotopic (exact) mass is 611 g/mol. The number of hydrogen-bond donors (Lipinski definition) is 1. The zero-order valence-electron chi connectivity index (χ0n) is 22.7. The Kier molecular flexibility index (Phi) is 9.93. The first-order valence-corrected chi connectivity index (χ1v) is 14.1. The molecule has 3 rings (SSSR count). The van der Waals surface area contributed by atoms with Crippen molar-refractivity contribution in [2.75, 3.05) is 25.0 Å². The molecule has 1 N–H and O–H groups in total. The molecule has 1 unspecified atom stereocenters. The molecular formula is C28H29ClF3N3O5S. The molecule has 41 heavy (non-hydrogen) atoms. The molecule has 3 aromatic carbocycles. The SMILES string of the molecule is CNC(=O)C(C)N(Cc1cccc(OC)c1)C(=O)CN(c1ccc(Cl)c(C(F)(F)F)c1)S(=O)(=O)c1ccc(C)cc1. The van der Waals surface area contributed by atoms with Crippen molar-refractivity contribution in [3.63, 3.8) is 0 Å². The van der Waals surface area contributed by atoms with Crippen molar-refractivity contribution in [3.05, 3.63) is 88.4 Å². The van der Waals surface area contributed by atoms with Gasteiger partial charge in [-0.25, -0.2) is 8.42 Å². The highest BCUT2D eigenvalue weighted by Gasteiger charge is 2.37. The summed E-state index contributed by atoms with van der Waals surface area (Å²) >= 11 is 5.78. The first-order chi connectivity index (χ1) is 19.2. The number of carbonyl (C=O) groups excluding carboxylic acids is 2. The van der Waals surface area contributed by atoms with Crippen LogP contribution in [0.5, 0.6) is 5.75 Å². The van der Waals surface area contributed by atoms with E-state index in [0.717, 1.165) is 22.6 Å². The fourth-order valence-electron chi connectivity index (χ4n) is 4.01. The quantitative estimate of drug-likeness (QED) is 0.347. The van der Waals surface area contributed by atoms with Crippen LogP contribution in [0.4, 0.5) is 18.9 Å². The van der Waals surface area contributed by atoms with Gasteiger partial charge in [-0.05, 0) is 61.9 Å². The number of anilines is 1. The number of ether oxygens (including phenoxy) is 1. The predicted octanol–water partition coefficient (Wildman–Crippen LogP) is 5.03. The second kappa shape index (κ2) is 12.8. The fraction of sp³-hybridized carbons (Fsp3) is 0.286. The lowest BCUT2D eigenvalue weighted by Crippen LogP contribution is -2.50. The van der Waals surface area contributed by atoms with E-state index in [1.54, 1.807) is 31.2 Å². The standard InChI is InChI=1S/C28H29ClF3N3O5S/c1-18-8-11-23(12-9-18)41(38,39)35(21-10-13-25(29)24(15-21)28(30,31)32)17-26(36)34(19(2)27(37)33-3)16-20-6-5-7-22(14-20)40-4/h5-15,19H,16-17H2,1-4H3,(H,33,37). The fourth-order valence-corrected chi connectivity index (χ4v) is 5.64. The van der Waals surface area contributed by atoms with E-state index in [1.807, 2.05) is 0 Å². The number of methoxy groups -OCH3 is 1. The molecule has 0 saturated carbocycles. The van der Waals surface area contributed by atoms with Gasteiger partial charge in [0.05, 0.1) is 28.3 Å². The molecule has 0 heterocycles. The van der Waals surface area contributed by atoms with Crippen molar-refractivity contribution in [1.82, 2.24) is 10.2 Å². The van der Waals surface area contributed by atoms with Crippen molar-refractivity contribution in [3.8, 4) is 5.75 Å². The van der Waals surface area contributed by atoms with E-state index in [9.17, 15) is 31.2 Å². The number of alkyl halides is 3. The summed E-state index contributed by atoms with van der Waals surface area (Å²) in [6.45, 7) is 2.18. The van der Waals surface area contributed by atoms with Crippen molar-refractivity contribution in [1.29, 1.82) is 0 Å². The number of sulfonamides is 1. The first-order valence-electron chi connectivity index (χ1n) is 12.3. The molecule has 1 atom stereocenters. The summed E-state index contributed by atoms with van der Waals surface area (Å²) < 4.78 is 74.5. The second-order valence-electron chi connectivity index (χ2n) is 9.15. The number of amides is 2. The van der Waals surface area contributed by atoms with E-state index in [2.05, 4.69) is 5.32 Å². The van der Waals surface area contributed by atoms with Crippen molar-refractivity contribution >= 4 is 39.1 Å². The lowest BCUT2D eigenvalue weighted by molar-refractivity contribution is -0.139. The summed E-state index contributed by atoms with van der Waals surface area (Å²) in [5.74, 6) is -0.866. The summed E-state index contributed by atoms with van der Waals surface area (Å²) in [6, 6.07) is 13.9. The number of nitrogens with one attached hydrogen (secondary N) is 1. The van der Waals surface area contributed by atoms with E-state index >= 15 is 0 Å². The predicted molar refractivity (Wildman–Crippen MR) is 149 cm³/mol. The summed E-state index contributed by atoms with van der Waals surface area (Å²) in [5.41, 5.74) is -0.363. The van der Waals surface area contributed by atoms with Crippen molar-refractivity contribution < 1.29 is 35.9 Å². The van der Waals surface area contributed by atoms with Crippen molar-refractivity contribution in [2.24, 2.45) is 0 Å². The van der Waals surface area contributed by atoms with Crippen LogP contribution in [-0.2, 0) is 32.3 Å². The zero-order valence-corrected chi connectivity index (χ0v) is 24.3. The van der Waals surface area contributed by atoms with Crippen LogP contribution in [0.25, 0.3) is 0 Å². The van der Waals surface area contributed by atoms with Gasteiger partial charge in [-0.3, -0.25) is 13.9 Å².